The maximum absolute atomic E-state index is 14.2. The molecule has 804 valence electrons. The number of benzene rings is 6. The summed E-state index contributed by atoms with van der Waals surface area (Å²) in [4.78, 5) is 194. The van der Waals surface area contributed by atoms with Crippen molar-refractivity contribution in [3.05, 3.63) is 178 Å². The van der Waals surface area contributed by atoms with Crippen molar-refractivity contribution < 1.29 is 95.4 Å². The molecule has 6 aromatic carbocycles. The lowest BCUT2D eigenvalue weighted by Gasteiger charge is -2.34. The molecule has 38 nitrogen and oxygen atoms in total. The van der Waals surface area contributed by atoms with Crippen LogP contribution in [0.5, 0.6) is 0 Å². The summed E-state index contributed by atoms with van der Waals surface area (Å²) < 4.78 is 47.9. The Labute approximate surface area is 875 Å². The third kappa shape index (κ3) is 22.4. The average Bonchev–Trinajstić information content (AvgIpc) is 1.59. The van der Waals surface area contributed by atoms with Gasteiger partial charge in [0.15, 0.2) is 0 Å². The van der Waals surface area contributed by atoms with Gasteiger partial charge < -0.3 is 88.6 Å². The van der Waals surface area contributed by atoms with E-state index < -0.39 is 97.1 Å². The zero-order valence-electron chi connectivity index (χ0n) is 90.4. The number of ether oxygens (including phenoxy) is 8. The van der Waals surface area contributed by atoms with Gasteiger partial charge in [0.25, 0.3) is 0 Å². The maximum Gasteiger partial charge on any atom is 0.420 e. The highest BCUT2D eigenvalue weighted by molar-refractivity contribution is 5.95. The molecule has 0 saturated carbocycles. The summed E-state index contributed by atoms with van der Waals surface area (Å²) >= 11 is 0. The zero-order chi connectivity index (χ0) is 108. The van der Waals surface area contributed by atoms with E-state index in [0.29, 0.717) is 145 Å². The van der Waals surface area contributed by atoms with E-state index in [1.165, 1.54) is 57.8 Å². The number of carbonyl (C=O) groups is 12. The second kappa shape index (κ2) is 46.4. The number of alkyl carbamates (subject to hydrolysis) is 4. The SMILES string of the molecule is CCOC(=O)n1c(C2CCCN2C(=O)[C@@H](NC(=O)OC)C(C)C)nc2cc([C@H]3CC[C@H](c4ccc5c(c4)nc([C@@H]4CCCN4C(=O)[C@@H](NC(=O)OC)C(C)C)n5C(=O)OCC)N3c3ccc(C(C)(C)C)cc3)ccc21.CCOC(=O)n1c([C@@H]2CCCN2C(=O)[C@@H](NC(=O)OC)C(C)C)nc2cc([C@H]3CC[C@H](c4ccc5nc([C@@H]6CCCN6C(=O)[C@@H](NC(=O)OC)C(C)C)n(C(=O)OCC)c5c4)N3c3ccc(C(C)(C)C)cc3)ccc21. The normalized spacial score (nSPS) is 19.7. The predicted octanol–water partition coefficient (Wildman–Crippen LogP) is 19.7. The maximum atomic E-state index is 14.2. The summed E-state index contributed by atoms with van der Waals surface area (Å²) in [6.07, 6.45) is 2.71. The van der Waals surface area contributed by atoms with Gasteiger partial charge >= 0.3 is 48.7 Å². The van der Waals surface area contributed by atoms with Crippen LogP contribution in [0.3, 0.4) is 0 Å². The molecular weight excluding hydrogens is 1920 g/mol. The van der Waals surface area contributed by atoms with Crippen molar-refractivity contribution in [1.29, 1.82) is 0 Å². The van der Waals surface area contributed by atoms with Gasteiger partial charge in [0, 0.05) is 37.6 Å². The van der Waals surface area contributed by atoms with Crippen molar-refractivity contribution in [2.45, 2.75) is 285 Å². The Bertz CT molecular complexity index is 6420. The Kier molecular flexibility index (Phi) is 34.0. The minimum Gasteiger partial charge on any atom is -0.453 e. The minimum atomic E-state index is -0.855. The van der Waals surface area contributed by atoms with Crippen molar-refractivity contribution in [2.24, 2.45) is 23.7 Å². The van der Waals surface area contributed by atoms with Gasteiger partial charge in [-0.15, -0.1) is 0 Å². The van der Waals surface area contributed by atoms with Gasteiger partial charge in [-0.05, 0) is 245 Å². The second-order valence-electron chi connectivity index (χ2n) is 42.8. The number of hydrogen-bond donors (Lipinski definition) is 4. The molecular formula is C112H146N18O20. The topological polar surface area (TPSA) is 418 Å². The van der Waals surface area contributed by atoms with E-state index in [-0.39, 0.29) is 109 Å². The van der Waals surface area contributed by atoms with Gasteiger partial charge in [0.1, 0.15) is 47.5 Å². The van der Waals surface area contributed by atoms with Crippen LogP contribution in [0, 0.1) is 23.7 Å². The number of aromatic nitrogens is 8. The molecule has 8 amide bonds. The van der Waals surface area contributed by atoms with Crippen molar-refractivity contribution in [3.63, 3.8) is 0 Å². The highest BCUT2D eigenvalue weighted by atomic mass is 16.6. The molecule has 38 heteroatoms. The van der Waals surface area contributed by atoms with Crippen molar-refractivity contribution >= 4 is 128 Å². The molecule has 4 aromatic heterocycles. The first-order valence-electron chi connectivity index (χ1n) is 52.8. The van der Waals surface area contributed by atoms with Crippen LogP contribution >= 0.6 is 0 Å². The molecule has 150 heavy (non-hydrogen) atoms. The van der Waals surface area contributed by atoms with Crippen LogP contribution < -0.4 is 31.1 Å². The van der Waals surface area contributed by atoms with E-state index in [1.807, 2.05) is 122 Å². The largest absolute Gasteiger partial charge is 0.453 e. The van der Waals surface area contributed by atoms with Gasteiger partial charge in [-0.1, -0.05) is 145 Å². The Morgan fingerprint density at radius 1 is 0.300 bits per heavy atom. The molecule has 16 rings (SSSR count). The number of likely N-dealkylation sites (tertiary alicyclic amines) is 4. The quantitative estimate of drug-likeness (QED) is 0.0366. The molecule has 10 heterocycles. The molecule has 6 saturated heterocycles. The zero-order valence-corrected chi connectivity index (χ0v) is 90.4. The highest BCUT2D eigenvalue weighted by Gasteiger charge is 2.48. The van der Waals surface area contributed by atoms with Gasteiger partial charge in [0.2, 0.25) is 23.6 Å². The van der Waals surface area contributed by atoms with Crippen LogP contribution in [0.25, 0.3) is 44.1 Å². The molecule has 0 aliphatic carbocycles. The van der Waals surface area contributed by atoms with Crippen LogP contribution in [0.15, 0.2) is 121 Å². The van der Waals surface area contributed by atoms with Gasteiger partial charge in [-0.3, -0.25) is 19.2 Å². The second-order valence-corrected chi connectivity index (χ2v) is 42.8. The fourth-order valence-electron chi connectivity index (χ4n) is 22.3. The molecule has 4 N–H and O–H groups in total. The summed E-state index contributed by atoms with van der Waals surface area (Å²) in [6.45, 7) is 37.2. The molecule has 6 aliphatic heterocycles. The number of nitrogens with one attached hydrogen (secondary N) is 4. The van der Waals surface area contributed by atoms with Crippen molar-refractivity contribution in [1.82, 2.24) is 79.1 Å². The summed E-state index contributed by atoms with van der Waals surface area (Å²) in [6, 6.07) is 35.0. The van der Waals surface area contributed by atoms with Gasteiger partial charge in [-0.2, -0.15) is 0 Å². The van der Waals surface area contributed by atoms with E-state index in [9.17, 15) is 57.5 Å². The summed E-state index contributed by atoms with van der Waals surface area (Å²) in [5.41, 5.74) is 12.6. The average molecular weight is 2060 g/mol. The molecule has 6 aliphatic rings. The molecule has 12 atom stereocenters. The molecule has 1 unspecified atom stereocenters. The van der Waals surface area contributed by atoms with Crippen molar-refractivity contribution in [3.8, 4) is 0 Å². The summed E-state index contributed by atoms with van der Waals surface area (Å²) in [5, 5.41) is 10.8. The number of imidazole rings is 4. The van der Waals surface area contributed by atoms with Crippen LogP contribution in [-0.2, 0) is 67.9 Å². The Morgan fingerprint density at radius 3 is 0.767 bits per heavy atom. The van der Waals surface area contributed by atoms with E-state index in [1.54, 1.807) is 47.3 Å². The third-order valence-corrected chi connectivity index (χ3v) is 29.9. The van der Waals surface area contributed by atoms with Crippen LogP contribution in [-0.4, -0.2) is 235 Å². The number of hydrogen-bond acceptors (Lipinski definition) is 26. The Hall–Kier alpha value is -14.4. The monoisotopic (exact) mass is 2060 g/mol. The first-order chi connectivity index (χ1) is 71.6. The molecule has 6 fully saturated rings. The fourth-order valence-corrected chi connectivity index (χ4v) is 22.3. The minimum absolute atomic E-state index is 0.0799. The Morgan fingerprint density at radius 2 is 0.533 bits per heavy atom. The molecule has 0 bridgehead atoms. The number of carbonyl (C=O) groups excluding carboxylic acids is 12. The number of nitrogens with zero attached hydrogens (tertiary/aromatic N) is 14. The number of fused-ring (bicyclic) bond motifs is 4. The van der Waals surface area contributed by atoms with E-state index in [2.05, 4.69) is 127 Å². The highest BCUT2D eigenvalue weighted by Crippen LogP contribution is 2.52. The predicted molar refractivity (Wildman–Crippen MR) is 565 cm³/mol. The molecule has 0 spiro atoms. The van der Waals surface area contributed by atoms with Gasteiger partial charge in [0.05, 0.1) is 147 Å². The lowest BCUT2D eigenvalue weighted by atomic mass is 9.87. The number of methoxy groups -OCH3 is 4. The standard InChI is InChI=1S/2C56H73N9O10/c1-12-74-54(70)64-42-25-19-34(30-39(42)58-49(64)44-17-15-29-62(44)51(67)47(33(5)6)60-53(69)73-11)40-26-27-41(63(40)37-22-20-36(21-23-37)56(7,8)9)35-18-24-38-45(31-35)65(55(71)75-13-2)48(57-38)43-16-14-28-61(43)50(66)46(32(3)4)59-52(68)72-10;1-12-74-54(70)64-42-24-18-34(30-38(42)57-48(64)44-16-14-28-61(44)50(66)46(32(3)4)59-52(68)72-10)40-26-27-41(63(40)37-22-20-36(21-23-37)56(7,8)9)35-19-25-43-39(31-35)58-49(65(43)55(71)75-13-2)45-17-15-29-62(45)51(67)47(33(5)6)60-53(69)73-11/h18-25,30-33,40-41,43-44,46-47H,12-17,26-29H2,1-11H3,(H,59,68)(H,60,69);18-25,30-33,40-41,44-47H,12-17,26-29H2,1-11H3,(H,59,68)(H,60,69)/t40-,41-,43+,44+,46+,47+;40-,41-,44+,45?,46+,47+/m11/s1. The molecule has 0 radical (unpaired) electrons. The molecule has 10 aromatic rings. The smallest absolute Gasteiger partial charge is 0.420 e. The van der Waals surface area contributed by atoms with Crippen LogP contribution in [0.2, 0.25) is 0 Å². The third-order valence-electron chi connectivity index (χ3n) is 29.9. The lowest BCUT2D eigenvalue weighted by molar-refractivity contribution is -0.136. The number of amides is 8. The summed E-state index contributed by atoms with van der Waals surface area (Å²) in [5.74, 6) is -0.535. The lowest BCUT2D eigenvalue weighted by Crippen LogP contribution is -2.51. The van der Waals surface area contributed by atoms with Crippen molar-refractivity contribution in [2.75, 3.05) is 90.8 Å². The van der Waals surface area contributed by atoms with E-state index in [4.69, 9.17) is 57.8 Å². The number of rotatable bonds is 26. The first-order valence-corrected chi connectivity index (χ1v) is 52.8. The van der Waals surface area contributed by atoms with Crippen LogP contribution in [0.4, 0.5) is 49.7 Å². The summed E-state index contributed by atoms with van der Waals surface area (Å²) in [7, 11) is 5.03. The Balaban J connectivity index is 0.000000224. The van der Waals surface area contributed by atoms with E-state index >= 15 is 0 Å². The van der Waals surface area contributed by atoms with Gasteiger partial charge in [-0.25, -0.2) is 76.6 Å². The fraction of sp³-hybridized carbons (Fsp3) is 0.536. The number of anilines is 2. The van der Waals surface area contributed by atoms with Crippen LogP contribution in [0.1, 0.15) is 307 Å². The first kappa shape index (κ1) is 110. The van der Waals surface area contributed by atoms with E-state index in [0.717, 1.165) is 59.3 Å².